The molecule has 3 aromatic rings. The van der Waals surface area contributed by atoms with Crippen LogP contribution >= 0.6 is 11.6 Å². The molecule has 1 aliphatic rings. The first-order chi connectivity index (χ1) is 13.5. The topological polar surface area (TPSA) is 101 Å². The average molecular weight is 399 g/mol. The summed E-state index contributed by atoms with van der Waals surface area (Å²) in [6.07, 6.45) is 1.54. The van der Waals surface area contributed by atoms with Crippen LogP contribution in [0.15, 0.2) is 46.9 Å². The van der Waals surface area contributed by atoms with Crippen molar-refractivity contribution in [1.29, 1.82) is 0 Å². The van der Waals surface area contributed by atoms with Crippen LogP contribution in [0.3, 0.4) is 0 Å². The highest BCUT2D eigenvalue weighted by Crippen LogP contribution is 2.31. The predicted molar refractivity (Wildman–Crippen MR) is 107 cm³/mol. The monoisotopic (exact) mass is 398 g/mol. The maximum absolute atomic E-state index is 12.8. The summed E-state index contributed by atoms with van der Waals surface area (Å²) in [5.74, 6) is 0.783. The van der Waals surface area contributed by atoms with Crippen molar-refractivity contribution < 1.29 is 14.0 Å². The highest BCUT2D eigenvalue weighted by atomic mass is 35.5. The lowest BCUT2D eigenvalue weighted by molar-refractivity contribution is 0.0706. The molecule has 8 heteroatoms. The Bertz CT molecular complexity index is 1040. The van der Waals surface area contributed by atoms with Gasteiger partial charge in [0.1, 0.15) is 5.52 Å². The molecule has 0 radical (unpaired) electrons. The second-order valence-electron chi connectivity index (χ2n) is 6.80. The van der Waals surface area contributed by atoms with E-state index >= 15 is 0 Å². The van der Waals surface area contributed by atoms with Crippen molar-refractivity contribution in [3.05, 3.63) is 58.9 Å². The molecule has 0 bridgehead atoms. The van der Waals surface area contributed by atoms with E-state index in [4.69, 9.17) is 21.8 Å². The van der Waals surface area contributed by atoms with Crippen LogP contribution in [0.2, 0.25) is 5.02 Å². The Balaban J connectivity index is 1.43. The van der Waals surface area contributed by atoms with Crippen molar-refractivity contribution in [3.63, 3.8) is 0 Å². The van der Waals surface area contributed by atoms with Crippen molar-refractivity contribution in [2.75, 3.05) is 18.4 Å². The third-order valence-electron chi connectivity index (χ3n) is 4.87. The zero-order valence-corrected chi connectivity index (χ0v) is 15.8. The zero-order chi connectivity index (χ0) is 19.7. The molecule has 0 saturated carbocycles. The van der Waals surface area contributed by atoms with Crippen LogP contribution in [0.5, 0.6) is 0 Å². The van der Waals surface area contributed by atoms with E-state index in [0.29, 0.717) is 35.3 Å². The Labute approximate surface area is 166 Å². The minimum absolute atomic E-state index is 0.0732. The summed E-state index contributed by atoms with van der Waals surface area (Å²) >= 11 is 6.01. The number of carbonyl (C=O) groups is 2. The number of piperidine rings is 1. The fourth-order valence-electron chi connectivity index (χ4n) is 3.48. The van der Waals surface area contributed by atoms with Crippen molar-refractivity contribution in [2.45, 2.75) is 18.8 Å². The maximum atomic E-state index is 12.8. The maximum Gasteiger partial charge on any atom is 0.316 e. The number of likely N-dealkylation sites (tertiary alicyclic amines) is 1. The zero-order valence-electron chi connectivity index (χ0n) is 15.0. The lowest BCUT2D eigenvalue weighted by Crippen LogP contribution is -2.38. The van der Waals surface area contributed by atoms with E-state index in [0.717, 1.165) is 23.9 Å². The van der Waals surface area contributed by atoms with Gasteiger partial charge in [0.05, 0.1) is 0 Å². The molecule has 144 valence electrons. The van der Waals surface area contributed by atoms with Crippen molar-refractivity contribution in [2.24, 2.45) is 5.73 Å². The number of halogens is 1. The first-order valence-electron chi connectivity index (χ1n) is 9.01. The molecule has 0 atom stereocenters. The lowest BCUT2D eigenvalue weighted by atomic mass is 9.96. The standard InChI is InChI=1S/C20H19ClN4O3/c21-14-4-5-17-16(11-14)24-18(28-17)12-6-8-25(9-7-12)19(26)13-2-1-3-15(10-13)23-20(22)27/h1-5,10-12H,6-9H2,(H3,22,23,27). The van der Waals surface area contributed by atoms with Gasteiger partial charge in [0.2, 0.25) is 0 Å². The summed E-state index contributed by atoms with van der Waals surface area (Å²) < 4.78 is 5.87. The highest BCUT2D eigenvalue weighted by Gasteiger charge is 2.27. The molecule has 0 aliphatic carbocycles. The minimum Gasteiger partial charge on any atom is -0.440 e. The van der Waals surface area contributed by atoms with Gasteiger partial charge in [0, 0.05) is 35.3 Å². The molecule has 1 aromatic heterocycles. The summed E-state index contributed by atoms with van der Waals surface area (Å²) in [5, 5.41) is 3.11. The number of aromatic nitrogens is 1. The van der Waals surface area contributed by atoms with E-state index in [1.807, 2.05) is 6.07 Å². The van der Waals surface area contributed by atoms with Gasteiger partial charge < -0.3 is 20.4 Å². The number of rotatable bonds is 3. The molecule has 2 aromatic carbocycles. The second-order valence-corrected chi connectivity index (χ2v) is 7.24. The largest absolute Gasteiger partial charge is 0.440 e. The number of hydrogen-bond donors (Lipinski definition) is 2. The van der Waals surface area contributed by atoms with Gasteiger partial charge in [-0.15, -0.1) is 0 Å². The molecule has 2 heterocycles. The summed E-state index contributed by atoms with van der Waals surface area (Å²) in [5.41, 5.74) is 7.62. The molecule has 0 unspecified atom stereocenters. The normalized spacial score (nSPS) is 15.0. The number of amides is 3. The molecule has 1 fully saturated rings. The van der Waals surface area contributed by atoms with E-state index in [9.17, 15) is 9.59 Å². The number of oxazole rings is 1. The molecule has 3 amide bonds. The second kappa shape index (κ2) is 7.52. The number of carbonyl (C=O) groups excluding carboxylic acids is 2. The Morgan fingerprint density at radius 2 is 1.96 bits per heavy atom. The van der Waals surface area contributed by atoms with Crippen LogP contribution in [0.4, 0.5) is 10.5 Å². The van der Waals surface area contributed by atoms with Gasteiger partial charge in [-0.25, -0.2) is 9.78 Å². The number of nitrogens with two attached hydrogens (primary N) is 1. The minimum atomic E-state index is -0.662. The summed E-state index contributed by atoms with van der Waals surface area (Å²) in [4.78, 5) is 30.1. The molecule has 1 saturated heterocycles. The number of nitrogens with zero attached hydrogens (tertiary/aromatic N) is 2. The van der Waals surface area contributed by atoms with Gasteiger partial charge in [0.15, 0.2) is 11.5 Å². The van der Waals surface area contributed by atoms with E-state index < -0.39 is 6.03 Å². The van der Waals surface area contributed by atoms with Crippen LogP contribution in [0.1, 0.15) is 35.0 Å². The molecular formula is C20H19ClN4O3. The van der Waals surface area contributed by atoms with E-state index in [1.54, 1.807) is 41.3 Å². The van der Waals surface area contributed by atoms with Crippen LogP contribution in [0.25, 0.3) is 11.1 Å². The number of benzene rings is 2. The van der Waals surface area contributed by atoms with Gasteiger partial charge in [-0.3, -0.25) is 4.79 Å². The fraction of sp³-hybridized carbons (Fsp3) is 0.250. The fourth-order valence-corrected chi connectivity index (χ4v) is 3.64. The number of urea groups is 1. The predicted octanol–water partition coefficient (Wildman–Crippen LogP) is 3.99. The van der Waals surface area contributed by atoms with Crippen LogP contribution in [-0.4, -0.2) is 34.9 Å². The summed E-state index contributed by atoms with van der Waals surface area (Å²) in [6, 6.07) is 11.5. The SMILES string of the molecule is NC(=O)Nc1cccc(C(=O)N2CCC(c3nc4cc(Cl)ccc4o3)CC2)c1. The van der Waals surface area contributed by atoms with Crippen LogP contribution < -0.4 is 11.1 Å². The van der Waals surface area contributed by atoms with Crippen LogP contribution in [-0.2, 0) is 0 Å². The lowest BCUT2D eigenvalue weighted by Gasteiger charge is -2.30. The Morgan fingerprint density at radius 1 is 1.18 bits per heavy atom. The van der Waals surface area contributed by atoms with Gasteiger partial charge in [-0.05, 0) is 49.2 Å². The molecule has 28 heavy (non-hydrogen) atoms. The van der Waals surface area contributed by atoms with Crippen LogP contribution in [0, 0.1) is 0 Å². The van der Waals surface area contributed by atoms with Gasteiger partial charge >= 0.3 is 6.03 Å². The van der Waals surface area contributed by atoms with Crippen molar-refractivity contribution in [3.8, 4) is 0 Å². The third-order valence-corrected chi connectivity index (χ3v) is 5.11. The van der Waals surface area contributed by atoms with Gasteiger partial charge in [-0.2, -0.15) is 0 Å². The number of nitrogens with one attached hydrogen (secondary N) is 1. The Morgan fingerprint density at radius 3 is 2.71 bits per heavy atom. The number of hydrogen-bond acceptors (Lipinski definition) is 4. The van der Waals surface area contributed by atoms with Crippen molar-refractivity contribution in [1.82, 2.24) is 9.88 Å². The summed E-state index contributed by atoms with van der Waals surface area (Å²) in [7, 11) is 0. The first kappa shape index (κ1) is 18.3. The molecule has 4 rings (SSSR count). The smallest absolute Gasteiger partial charge is 0.316 e. The quantitative estimate of drug-likeness (QED) is 0.696. The van der Waals surface area contributed by atoms with E-state index in [-0.39, 0.29) is 11.8 Å². The third kappa shape index (κ3) is 3.80. The average Bonchev–Trinajstić information content (AvgIpc) is 3.10. The van der Waals surface area contributed by atoms with Gasteiger partial charge in [0.25, 0.3) is 5.91 Å². The molecule has 3 N–H and O–H groups in total. The Kier molecular flexibility index (Phi) is 4.92. The molecule has 1 aliphatic heterocycles. The van der Waals surface area contributed by atoms with Gasteiger partial charge in [-0.1, -0.05) is 17.7 Å². The molecular weight excluding hydrogens is 380 g/mol. The first-order valence-corrected chi connectivity index (χ1v) is 9.39. The van der Waals surface area contributed by atoms with E-state index in [1.165, 1.54) is 0 Å². The van der Waals surface area contributed by atoms with E-state index in [2.05, 4.69) is 10.3 Å². The Hall–Kier alpha value is -3.06. The number of fused-ring (bicyclic) bond motifs is 1. The summed E-state index contributed by atoms with van der Waals surface area (Å²) in [6.45, 7) is 1.22. The van der Waals surface area contributed by atoms with Crippen molar-refractivity contribution >= 4 is 40.3 Å². The highest BCUT2D eigenvalue weighted by molar-refractivity contribution is 6.31. The molecule has 0 spiro atoms. The number of primary amides is 1. The number of anilines is 1. The molecule has 7 nitrogen and oxygen atoms in total.